The highest BCUT2D eigenvalue weighted by Gasteiger charge is 2.35. The lowest BCUT2D eigenvalue weighted by Gasteiger charge is -2.18. The summed E-state index contributed by atoms with van der Waals surface area (Å²) in [5, 5.41) is 0.154. The Kier molecular flexibility index (Phi) is 4.04. The maximum absolute atomic E-state index is 13.8. The molecule has 0 bridgehead atoms. The van der Waals surface area contributed by atoms with Gasteiger partial charge in [-0.1, -0.05) is 44.5 Å². The first kappa shape index (κ1) is 13.8. The first-order valence-electron chi connectivity index (χ1n) is 5.22. The molecule has 0 saturated carbocycles. The Bertz CT molecular complexity index is 449. The van der Waals surface area contributed by atoms with Crippen molar-refractivity contribution in [3.8, 4) is 0 Å². The van der Waals surface area contributed by atoms with E-state index < -0.39 is 23.2 Å². The average Bonchev–Trinajstić information content (AvgIpc) is 2.25. The van der Waals surface area contributed by atoms with E-state index in [9.17, 15) is 14.0 Å². The van der Waals surface area contributed by atoms with E-state index in [1.807, 2.05) is 0 Å². The van der Waals surface area contributed by atoms with E-state index in [1.54, 1.807) is 32.9 Å². The van der Waals surface area contributed by atoms with E-state index in [2.05, 4.69) is 0 Å². The molecule has 92 valence electrons. The summed E-state index contributed by atoms with van der Waals surface area (Å²) in [4.78, 5) is 23.4. The maximum atomic E-state index is 13.8. The number of halogens is 2. The van der Waals surface area contributed by atoms with Gasteiger partial charge in [0.05, 0.1) is 5.02 Å². The molecule has 0 aliphatic rings. The molecule has 0 saturated heterocycles. The van der Waals surface area contributed by atoms with Crippen LogP contribution < -0.4 is 0 Å². The lowest BCUT2D eigenvalue weighted by molar-refractivity contribution is -0.129. The lowest BCUT2D eigenvalue weighted by atomic mass is 9.86. The molecule has 1 unspecified atom stereocenters. The first-order chi connectivity index (χ1) is 7.75. The van der Waals surface area contributed by atoms with Crippen molar-refractivity contribution in [2.24, 2.45) is 5.41 Å². The van der Waals surface area contributed by atoms with Crippen LogP contribution in [0.2, 0.25) is 5.02 Å². The minimum atomic E-state index is -2.16. The molecule has 0 spiro atoms. The second kappa shape index (κ2) is 4.96. The third-order valence-electron chi connectivity index (χ3n) is 2.34. The molecule has 0 heterocycles. The number of hydrogen-bond donors (Lipinski definition) is 0. The molecule has 0 amide bonds. The predicted molar refractivity (Wildman–Crippen MR) is 65.1 cm³/mol. The van der Waals surface area contributed by atoms with Crippen LogP contribution in [0.15, 0.2) is 24.3 Å². The Morgan fingerprint density at radius 2 is 1.76 bits per heavy atom. The number of ketones is 2. The van der Waals surface area contributed by atoms with E-state index >= 15 is 0 Å². The second-order valence-corrected chi connectivity index (χ2v) is 5.23. The summed E-state index contributed by atoms with van der Waals surface area (Å²) in [6, 6.07) is 6.11. The van der Waals surface area contributed by atoms with Gasteiger partial charge in [0, 0.05) is 11.0 Å². The van der Waals surface area contributed by atoms with Gasteiger partial charge in [0.1, 0.15) is 0 Å². The van der Waals surface area contributed by atoms with Crippen molar-refractivity contribution >= 4 is 23.2 Å². The van der Waals surface area contributed by atoms with Gasteiger partial charge in [0.15, 0.2) is 5.78 Å². The highest BCUT2D eigenvalue weighted by molar-refractivity contribution is 6.35. The molecule has 4 heteroatoms. The van der Waals surface area contributed by atoms with Crippen molar-refractivity contribution < 1.29 is 14.0 Å². The summed E-state index contributed by atoms with van der Waals surface area (Å²) in [6.07, 6.45) is -2.16. The Hall–Kier alpha value is -1.22. The van der Waals surface area contributed by atoms with Crippen LogP contribution in [0.1, 0.15) is 31.1 Å². The molecule has 0 aliphatic carbocycles. The molecule has 0 aromatic heterocycles. The monoisotopic (exact) mass is 256 g/mol. The molecule has 0 aliphatic heterocycles. The van der Waals surface area contributed by atoms with Crippen LogP contribution in [-0.4, -0.2) is 17.7 Å². The third kappa shape index (κ3) is 3.13. The summed E-state index contributed by atoms with van der Waals surface area (Å²) >= 11 is 5.78. The van der Waals surface area contributed by atoms with Crippen LogP contribution in [0.25, 0.3) is 0 Å². The van der Waals surface area contributed by atoms with Gasteiger partial charge >= 0.3 is 0 Å². The Morgan fingerprint density at radius 3 is 2.24 bits per heavy atom. The lowest BCUT2D eigenvalue weighted by Crippen LogP contribution is -2.35. The van der Waals surface area contributed by atoms with E-state index in [-0.39, 0.29) is 10.6 Å². The molecule has 17 heavy (non-hydrogen) atoms. The molecule has 0 radical (unpaired) electrons. The fourth-order valence-corrected chi connectivity index (χ4v) is 1.53. The maximum Gasteiger partial charge on any atom is 0.221 e. The fourth-order valence-electron chi connectivity index (χ4n) is 1.30. The quantitative estimate of drug-likeness (QED) is 0.613. The number of carbonyl (C=O) groups is 2. The van der Waals surface area contributed by atoms with Gasteiger partial charge < -0.3 is 0 Å². The summed E-state index contributed by atoms with van der Waals surface area (Å²) in [6.45, 7) is 4.71. The molecule has 0 N–H and O–H groups in total. The highest BCUT2D eigenvalue weighted by atomic mass is 35.5. The van der Waals surface area contributed by atoms with Crippen LogP contribution in [0.3, 0.4) is 0 Å². The number of hydrogen-bond acceptors (Lipinski definition) is 2. The van der Waals surface area contributed by atoms with Crippen molar-refractivity contribution in [1.82, 2.24) is 0 Å². The Labute approximate surface area is 105 Å². The smallest absolute Gasteiger partial charge is 0.221 e. The zero-order valence-electron chi connectivity index (χ0n) is 9.96. The van der Waals surface area contributed by atoms with Crippen LogP contribution >= 0.6 is 11.6 Å². The van der Waals surface area contributed by atoms with Gasteiger partial charge in [0.25, 0.3) is 0 Å². The minimum Gasteiger partial charge on any atom is -0.295 e. The third-order valence-corrected chi connectivity index (χ3v) is 2.67. The summed E-state index contributed by atoms with van der Waals surface area (Å²) in [5.74, 6) is -1.61. The number of benzene rings is 1. The van der Waals surface area contributed by atoms with Crippen LogP contribution in [-0.2, 0) is 4.79 Å². The first-order valence-corrected chi connectivity index (χ1v) is 5.60. The van der Waals surface area contributed by atoms with Gasteiger partial charge in [-0.15, -0.1) is 0 Å². The van der Waals surface area contributed by atoms with Crippen LogP contribution in [0, 0.1) is 5.41 Å². The van der Waals surface area contributed by atoms with Crippen molar-refractivity contribution in [3.63, 3.8) is 0 Å². The van der Waals surface area contributed by atoms with Crippen molar-refractivity contribution in [3.05, 3.63) is 34.9 Å². The molecule has 0 fully saturated rings. The Balaban J connectivity index is 3.00. The second-order valence-electron chi connectivity index (χ2n) is 4.82. The number of rotatable bonds is 3. The highest BCUT2D eigenvalue weighted by Crippen LogP contribution is 2.23. The standard InChI is InChI=1S/C13H14ClFO2/c1-13(2,3)12(17)10(15)11(16)8-6-4-5-7-9(8)14/h4-7,10H,1-3H3. The predicted octanol–water partition coefficient (Wildman–Crippen LogP) is 3.48. The van der Waals surface area contributed by atoms with Crippen molar-refractivity contribution in [1.29, 1.82) is 0 Å². The largest absolute Gasteiger partial charge is 0.295 e. The zero-order chi connectivity index (χ0) is 13.2. The summed E-state index contributed by atoms with van der Waals surface area (Å²) < 4.78 is 13.8. The summed E-state index contributed by atoms with van der Waals surface area (Å²) in [5.41, 5.74) is -0.852. The van der Waals surface area contributed by atoms with E-state index in [0.29, 0.717) is 0 Å². The Morgan fingerprint density at radius 1 is 1.24 bits per heavy atom. The van der Waals surface area contributed by atoms with Crippen molar-refractivity contribution in [2.45, 2.75) is 26.9 Å². The molecular weight excluding hydrogens is 243 g/mol. The topological polar surface area (TPSA) is 34.1 Å². The van der Waals surface area contributed by atoms with Gasteiger partial charge in [-0.2, -0.15) is 0 Å². The normalized spacial score (nSPS) is 13.2. The van der Waals surface area contributed by atoms with E-state index in [1.165, 1.54) is 12.1 Å². The average molecular weight is 257 g/mol. The fraction of sp³-hybridized carbons (Fsp3) is 0.385. The molecule has 1 aromatic carbocycles. The zero-order valence-corrected chi connectivity index (χ0v) is 10.7. The molecule has 1 aromatic rings. The van der Waals surface area contributed by atoms with Crippen molar-refractivity contribution in [2.75, 3.05) is 0 Å². The number of Topliss-reactive ketones (excluding diaryl/α,β-unsaturated/α-hetero) is 2. The van der Waals surface area contributed by atoms with Gasteiger partial charge in [-0.05, 0) is 12.1 Å². The minimum absolute atomic E-state index is 0.0410. The number of carbonyl (C=O) groups excluding carboxylic acids is 2. The molecule has 1 atom stereocenters. The van der Waals surface area contributed by atoms with Gasteiger partial charge in [-0.25, -0.2) is 4.39 Å². The van der Waals surface area contributed by atoms with Crippen LogP contribution in [0.4, 0.5) is 4.39 Å². The SMILES string of the molecule is CC(C)(C)C(=O)C(F)C(=O)c1ccccc1Cl. The molecule has 2 nitrogen and oxygen atoms in total. The van der Waals surface area contributed by atoms with E-state index in [4.69, 9.17) is 11.6 Å². The molecular formula is C13H14ClFO2. The summed E-state index contributed by atoms with van der Waals surface area (Å²) in [7, 11) is 0. The van der Waals surface area contributed by atoms with Gasteiger partial charge in [-0.3, -0.25) is 9.59 Å². The molecule has 1 rings (SSSR count). The van der Waals surface area contributed by atoms with Crippen LogP contribution in [0.5, 0.6) is 0 Å². The van der Waals surface area contributed by atoms with E-state index in [0.717, 1.165) is 0 Å². The number of alkyl halides is 1. The van der Waals surface area contributed by atoms with Gasteiger partial charge in [0.2, 0.25) is 12.0 Å².